The molecule has 0 radical (unpaired) electrons. The van der Waals surface area contributed by atoms with Crippen LogP contribution in [0, 0.1) is 19.7 Å². The number of benzene rings is 2. The van der Waals surface area contributed by atoms with Gasteiger partial charge in [-0.05, 0) is 49.7 Å². The number of nitrogens with one attached hydrogen (secondary N) is 2. The molecule has 0 aliphatic rings. The number of anilines is 4. The van der Waals surface area contributed by atoms with E-state index in [0.29, 0.717) is 23.1 Å². The lowest BCUT2D eigenvalue weighted by Crippen LogP contribution is -2.01. The molecule has 116 valence electrons. The van der Waals surface area contributed by atoms with Gasteiger partial charge in [-0.15, -0.1) is 0 Å². The van der Waals surface area contributed by atoms with E-state index in [4.69, 9.17) is 0 Å². The molecule has 0 saturated heterocycles. The van der Waals surface area contributed by atoms with E-state index >= 15 is 0 Å². The third kappa shape index (κ3) is 4.03. The van der Waals surface area contributed by atoms with Crippen LogP contribution in [0.3, 0.4) is 0 Å². The Morgan fingerprint density at radius 1 is 0.783 bits per heavy atom. The Balaban J connectivity index is 1.84. The second-order valence-electron chi connectivity index (χ2n) is 5.32. The molecule has 1 heterocycles. The molecule has 0 bridgehead atoms. The highest BCUT2D eigenvalue weighted by Crippen LogP contribution is 2.21. The van der Waals surface area contributed by atoms with Gasteiger partial charge in [-0.2, -0.15) is 0 Å². The molecule has 0 unspecified atom stereocenters. The third-order valence-corrected chi connectivity index (χ3v) is 3.23. The van der Waals surface area contributed by atoms with Crippen LogP contribution in [0.1, 0.15) is 11.4 Å². The van der Waals surface area contributed by atoms with Crippen molar-refractivity contribution in [3.63, 3.8) is 0 Å². The summed E-state index contributed by atoms with van der Waals surface area (Å²) in [5, 5.41) is 6.35. The number of aromatic nitrogens is 2. The molecule has 0 fully saturated rings. The highest BCUT2D eigenvalue weighted by molar-refractivity contribution is 5.63. The van der Waals surface area contributed by atoms with Gasteiger partial charge in [0, 0.05) is 17.4 Å². The maximum Gasteiger partial charge on any atom is 0.136 e. The molecule has 3 rings (SSSR count). The van der Waals surface area contributed by atoms with Gasteiger partial charge in [-0.25, -0.2) is 14.4 Å². The van der Waals surface area contributed by atoms with Crippen LogP contribution in [0.4, 0.5) is 27.4 Å². The number of hydrogen-bond acceptors (Lipinski definition) is 4. The summed E-state index contributed by atoms with van der Waals surface area (Å²) in [5.41, 5.74) is 2.77. The average molecular weight is 308 g/mol. The first-order valence-corrected chi connectivity index (χ1v) is 7.30. The zero-order valence-electron chi connectivity index (χ0n) is 13.0. The maximum atomic E-state index is 13.3. The highest BCUT2D eigenvalue weighted by Gasteiger charge is 2.04. The molecule has 2 aromatic carbocycles. The smallest absolute Gasteiger partial charge is 0.136 e. The summed E-state index contributed by atoms with van der Waals surface area (Å²) >= 11 is 0. The summed E-state index contributed by atoms with van der Waals surface area (Å²) in [6.45, 7) is 3.85. The van der Waals surface area contributed by atoms with Gasteiger partial charge >= 0.3 is 0 Å². The van der Waals surface area contributed by atoms with Gasteiger partial charge < -0.3 is 10.6 Å². The monoisotopic (exact) mass is 308 g/mol. The molecule has 0 spiro atoms. The maximum absolute atomic E-state index is 13.3. The number of rotatable bonds is 4. The predicted molar refractivity (Wildman–Crippen MR) is 90.9 cm³/mol. The number of halogens is 1. The van der Waals surface area contributed by atoms with Crippen LogP contribution in [0.15, 0.2) is 54.6 Å². The second-order valence-corrected chi connectivity index (χ2v) is 5.32. The molecule has 0 aliphatic carbocycles. The van der Waals surface area contributed by atoms with Crippen molar-refractivity contribution in [1.82, 2.24) is 9.97 Å². The molecule has 3 aromatic rings. The Kier molecular flexibility index (Phi) is 4.19. The van der Waals surface area contributed by atoms with Gasteiger partial charge in [-0.1, -0.05) is 18.2 Å². The Bertz CT molecular complexity index is 767. The minimum atomic E-state index is -0.293. The zero-order valence-corrected chi connectivity index (χ0v) is 13.0. The molecule has 1 aromatic heterocycles. The van der Waals surface area contributed by atoms with Crippen LogP contribution in [0.25, 0.3) is 0 Å². The van der Waals surface area contributed by atoms with E-state index in [1.54, 1.807) is 18.2 Å². The molecular weight excluding hydrogens is 291 g/mol. The van der Waals surface area contributed by atoms with Gasteiger partial charge in [0.25, 0.3) is 0 Å². The molecule has 4 nitrogen and oxygen atoms in total. The topological polar surface area (TPSA) is 49.8 Å². The van der Waals surface area contributed by atoms with Gasteiger partial charge in [0.2, 0.25) is 0 Å². The van der Waals surface area contributed by atoms with Crippen molar-refractivity contribution in [3.05, 3.63) is 71.8 Å². The Hall–Kier alpha value is -2.95. The van der Waals surface area contributed by atoms with Gasteiger partial charge in [0.15, 0.2) is 0 Å². The van der Waals surface area contributed by atoms with Crippen molar-refractivity contribution in [3.8, 4) is 0 Å². The lowest BCUT2D eigenvalue weighted by Gasteiger charge is -2.10. The lowest BCUT2D eigenvalue weighted by molar-refractivity contribution is 0.628. The van der Waals surface area contributed by atoms with Crippen LogP contribution in [-0.2, 0) is 0 Å². The van der Waals surface area contributed by atoms with Crippen LogP contribution in [-0.4, -0.2) is 9.97 Å². The second kappa shape index (κ2) is 6.44. The van der Waals surface area contributed by atoms with Crippen molar-refractivity contribution >= 4 is 23.0 Å². The van der Waals surface area contributed by atoms with Crippen molar-refractivity contribution in [1.29, 1.82) is 0 Å². The summed E-state index contributed by atoms with van der Waals surface area (Å²) in [6.07, 6.45) is 0. The fraction of sp³-hybridized carbons (Fsp3) is 0.111. The van der Waals surface area contributed by atoms with E-state index in [0.717, 1.165) is 5.69 Å². The standard InChI is InChI=1S/C18H17FN4/c1-12-5-3-7-15(9-12)22-17-11-18(21-13(2)20-17)23-16-8-4-6-14(19)10-16/h3-11H,1-2H3,(H2,20,21,22,23). The van der Waals surface area contributed by atoms with Crippen molar-refractivity contribution in [2.45, 2.75) is 13.8 Å². The van der Waals surface area contributed by atoms with E-state index in [9.17, 15) is 4.39 Å². The first-order chi connectivity index (χ1) is 11.1. The molecule has 0 amide bonds. The summed E-state index contributed by atoms with van der Waals surface area (Å²) in [4.78, 5) is 8.71. The van der Waals surface area contributed by atoms with Gasteiger partial charge in [0.05, 0.1) is 0 Å². The zero-order chi connectivity index (χ0) is 16.2. The SMILES string of the molecule is Cc1cccc(Nc2cc(Nc3cccc(F)c3)nc(C)n2)c1. The van der Waals surface area contributed by atoms with E-state index in [-0.39, 0.29) is 5.82 Å². The van der Waals surface area contributed by atoms with Crippen LogP contribution in [0.5, 0.6) is 0 Å². The van der Waals surface area contributed by atoms with Crippen LogP contribution < -0.4 is 10.6 Å². The minimum Gasteiger partial charge on any atom is -0.340 e. The normalized spacial score (nSPS) is 10.4. The predicted octanol–water partition coefficient (Wildman–Crippen LogP) is 4.72. The van der Waals surface area contributed by atoms with E-state index in [2.05, 4.69) is 20.6 Å². The number of hydrogen-bond donors (Lipinski definition) is 2. The summed E-state index contributed by atoms with van der Waals surface area (Å²) in [5.74, 6) is 1.63. The van der Waals surface area contributed by atoms with Gasteiger partial charge in [-0.3, -0.25) is 0 Å². The van der Waals surface area contributed by atoms with Gasteiger partial charge in [0.1, 0.15) is 23.3 Å². The Morgan fingerprint density at radius 2 is 1.39 bits per heavy atom. The molecule has 0 saturated carbocycles. The summed E-state index contributed by atoms with van der Waals surface area (Å²) < 4.78 is 13.3. The highest BCUT2D eigenvalue weighted by atomic mass is 19.1. The fourth-order valence-corrected chi connectivity index (χ4v) is 2.28. The first-order valence-electron chi connectivity index (χ1n) is 7.30. The first kappa shape index (κ1) is 15.0. The van der Waals surface area contributed by atoms with E-state index < -0.39 is 0 Å². The average Bonchev–Trinajstić information content (AvgIpc) is 2.46. The lowest BCUT2D eigenvalue weighted by atomic mass is 10.2. The molecule has 5 heteroatoms. The molecule has 0 atom stereocenters. The van der Waals surface area contributed by atoms with E-state index in [1.165, 1.54) is 17.7 Å². The number of nitrogens with zero attached hydrogens (tertiary/aromatic N) is 2. The quantitative estimate of drug-likeness (QED) is 0.732. The van der Waals surface area contributed by atoms with E-state index in [1.807, 2.05) is 38.1 Å². The van der Waals surface area contributed by atoms with Crippen molar-refractivity contribution in [2.24, 2.45) is 0 Å². The minimum absolute atomic E-state index is 0.293. The molecule has 0 aliphatic heterocycles. The third-order valence-electron chi connectivity index (χ3n) is 3.23. The van der Waals surface area contributed by atoms with Crippen molar-refractivity contribution in [2.75, 3.05) is 10.6 Å². The molecular formula is C18H17FN4. The largest absolute Gasteiger partial charge is 0.340 e. The Morgan fingerprint density at radius 3 is 2.00 bits per heavy atom. The van der Waals surface area contributed by atoms with Crippen molar-refractivity contribution < 1.29 is 4.39 Å². The van der Waals surface area contributed by atoms with Crippen LogP contribution >= 0.6 is 0 Å². The molecule has 2 N–H and O–H groups in total. The summed E-state index contributed by atoms with van der Waals surface area (Å²) in [7, 11) is 0. The molecule has 23 heavy (non-hydrogen) atoms. The fourth-order valence-electron chi connectivity index (χ4n) is 2.28. The Labute approximate surface area is 134 Å². The summed E-state index contributed by atoms with van der Waals surface area (Å²) in [6, 6.07) is 16.1. The number of aryl methyl sites for hydroxylation is 2. The van der Waals surface area contributed by atoms with Crippen LogP contribution in [0.2, 0.25) is 0 Å².